The van der Waals surface area contributed by atoms with E-state index in [1.807, 2.05) is 12.1 Å². The highest BCUT2D eigenvalue weighted by molar-refractivity contribution is 8.00. The minimum Gasteiger partial charge on any atom is -0.387 e. The first-order valence-corrected chi connectivity index (χ1v) is 6.39. The maximum Gasteiger partial charge on any atom is 0.234 e. The van der Waals surface area contributed by atoms with E-state index < -0.39 is 6.10 Å². The van der Waals surface area contributed by atoms with Crippen LogP contribution in [0.2, 0.25) is 0 Å². The van der Waals surface area contributed by atoms with E-state index in [0.29, 0.717) is 5.75 Å². The van der Waals surface area contributed by atoms with Crippen LogP contribution in [0.4, 0.5) is 5.69 Å². The van der Waals surface area contributed by atoms with Gasteiger partial charge in [0.05, 0.1) is 22.9 Å². The van der Waals surface area contributed by atoms with E-state index in [-0.39, 0.29) is 11.3 Å². The molecule has 86 valence electrons. The second kappa shape index (κ2) is 4.65. The number of anilines is 1. The first-order chi connectivity index (χ1) is 7.58. The van der Waals surface area contributed by atoms with E-state index in [0.717, 1.165) is 16.1 Å². The number of aliphatic hydroxyl groups is 1. The molecule has 0 radical (unpaired) electrons. The number of benzene rings is 1. The number of alkyl halides is 1. The molecule has 0 fully saturated rings. The third-order valence-corrected chi connectivity index (χ3v) is 3.73. The first kappa shape index (κ1) is 11.8. The summed E-state index contributed by atoms with van der Waals surface area (Å²) in [5.74, 6) is 0.434. The van der Waals surface area contributed by atoms with Crippen LogP contribution in [0.15, 0.2) is 23.1 Å². The lowest BCUT2D eigenvalue weighted by atomic mass is 10.1. The van der Waals surface area contributed by atoms with Crippen LogP contribution in [0.3, 0.4) is 0 Å². The monoisotopic (exact) mass is 257 g/mol. The summed E-state index contributed by atoms with van der Waals surface area (Å²) in [7, 11) is 0. The van der Waals surface area contributed by atoms with Crippen LogP contribution in [-0.4, -0.2) is 22.1 Å². The third-order valence-electron chi connectivity index (χ3n) is 2.41. The highest BCUT2D eigenvalue weighted by atomic mass is 35.5. The van der Waals surface area contributed by atoms with Crippen molar-refractivity contribution >= 4 is 35.0 Å². The summed E-state index contributed by atoms with van der Waals surface area (Å²) in [6, 6.07) is 5.52. The summed E-state index contributed by atoms with van der Waals surface area (Å²) in [6.45, 7) is 1.74. The van der Waals surface area contributed by atoms with E-state index in [4.69, 9.17) is 11.6 Å². The van der Waals surface area contributed by atoms with Crippen molar-refractivity contribution in [1.29, 1.82) is 0 Å². The molecule has 3 nitrogen and oxygen atoms in total. The lowest BCUT2D eigenvalue weighted by Crippen LogP contribution is -2.19. The average Bonchev–Trinajstić information content (AvgIpc) is 2.26. The smallest absolute Gasteiger partial charge is 0.234 e. The van der Waals surface area contributed by atoms with E-state index >= 15 is 0 Å². The number of nitrogens with one attached hydrogen (secondary N) is 1. The van der Waals surface area contributed by atoms with Crippen LogP contribution in [0.1, 0.15) is 18.6 Å². The molecule has 1 aliphatic heterocycles. The molecule has 1 aromatic rings. The highest BCUT2D eigenvalue weighted by Crippen LogP contribution is 2.34. The number of fused-ring (bicyclic) bond motifs is 1. The van der Waals surface area contributed by atoms with Gasteiger partial charge in [0, 0.05) is 4.90 Å². The summed E-state index contributed by atoms with van der Waals surface area (Å²) in [5.41, 5.74) is 1.49. The SMILES string of the molecule is CC(Cl)C(O)c1ccc2c(c1)NC(=O)CS2. The fourth-order valence-electron chi connectivity index (χ4n) is 1.55. The molecule has 2 atom stereocenters. The molecule has 0 aromatic heterocycles. The molecule has 0 spiro atoms. The Kier molecular flexibility index (Phi) is 3.42. The maximum absolute atomic E-state index is 11.2. The summed E-state index contributed by atoms with van der Waals surface area (Å²) in [6.07, 6.45) is -0.712. The van der Waals surface area contributed by atoms with Crippen molar-refractivity contribution in [3.8, 4) is 0 Å². The van der Waals surface area contributed by atoms with Gasteiger partial charge in [-0.05, 0) is 24.6 Å². The normalized spacial score (nSPS) is 18.6. The molecule has 1 amide bonds. The van der Waals surface area contributed by atoms with Crippen molar-refractivity contribution < 1.29 is 9.90 Å². The van der Waals surface area contributed by atoms with Crippen LogP contribution in [-0.2, 0) is 4.79 Å². The first-order valence-electron chi connectivity index (χ1n) is 4.96. The topological polar surface area (TPSA) is 49.3 Å². The summed E-state index contributed by atoms with van der Waals surface area (Å²) in [5, 5.41) is 12.2. The van der Waals surface area contributed by atoms with Gasteiger partial charge in [-0.15, -0.1) is 23.4 Å². The van der Waals surface area contributed by atoms with Crippen molar-refractivity contribution in [3.63, 3.8) is 0 Å². The Balaban J connectivity index is 2.31. The van der Waals surface area contributed by atoms with Crippen molar-refractivity contribution in [2.45, 2.75) is 23.3 Å². The molecule has 0 bridgehead atoms. The van der Waals surface area contributed by atoms with E-state index in [1.165, 1.54) is 11.8 Å². The highest BCUT2D eigenvalue weighted by Gasteiger charge is 2.19. The Bertz CT molecular complexity index is 422. The number of carbonyl (C=O) groups excluding carboxylic acids is 1. The Hall–Kier alpha value is -0.710. The van der Waals surface area contributed by atoms with Crippen LogP contribution in [0.25, 0.3) is 0 Å². The molecule has 1 aromatic carbocycles. The van der Waals surface area contributed by atoms with Gasteiger partial charge in [-0.25, -0.2) is 0 Å². The molecule has 5 heteroatoms. The molecule has 1 heterocycles. The maximum atomic E-state index is 11.2. The molecule has 16 heavy (non-hydrogen) atoms. The van der Waals surface area contributed by atoms with Gasteiger partial charge >= 0.3 is 0 Å². The number of rotatable bonds is 2. The number of thioether (sulfide) groups is 1. The van der Waals surface area contributed by atoms with Gasteiger partial charge in [0.2, 0.25) is 5.91 Å². The Morgan fingerprint density at radius 1 is 1.56 bits per heavy atom. The van der Waals surface area contributed by atoms with Crippen LogP contribution < -0.4 is 5.32 Å². The molecule has 1 aliphatic rings. The van der Waals surface area contributed by atoms with Gasteiger partial charge in [0.15, 0.2) is 0 Å². The molecule has 2 N–H and O–H groups in total. The minimum absolute atomic E-state index is 0.0111. The van der Waals surface area contributed by atoms with Crippen molar-refractivity contribution in [3.05, 3.63) is 23.8 Å². The number of aliphatic hydroxyl groups excluding tert-OH is 1. The number of halogens is 1. The summed E-state index contributed by atoms with van der Waals surface area (Å²) < 4.78 is 0. The molecule has 0 saturated carbocycles. The molecular formula is C11H12ClNO2S. The fourth-order valence-corrected chi connectivity index (χ4v) is 2.48. The van der Waals surface area contributed by atoms with Gasteiger partial charge in [0.25, 0.3) is 0 Å². The van der Waals surface area contributed by atoms with Gasteiger partial charge in [-0.3, -0.25) is 4.79 Å². The zero-order valence-electron chi connectivity index (χ0n) is 8.74. The van der Waals surface area contributed by atoms with Gasteiger partial charge < -0.3 is 10.4 Å². The van der Waals surface area contributed by atoms with Gasteiger partial charge in [0.1, 0.15) is 0 Å². The second-order valence-electron chi connectivity index (χ2n) is 3.71. The van der Waals surface area contributed by atoms with Crippen LogP contribution >= 0.6 is 23.4 Å². The number of hydrogen-bond acceptors (Lipinski definition) is 3. The zero-order valence-corrected chi connectivity index (χ0v) is 10.3. The van der Waals surface area contributed by atoms with E-state index in [2.05, 4.69) is 5.32 Å². The summed E-state index contributed by atoms with van der Waals surface area (Å²) >= 11 is 7.33. The third kappa shape index (κ3) is 2.34. The van der Waals surface area contributed by atoms with Crippen molar-refractivity contribution in [2.75, 3.05) is 11.1 Å². The van der Waals surface area contributed by atoms with Crippen molar-refractivity contribution in [1.82, 2.24) is 0 Å². The Morgan fingerprint density at radius 3 is 3.00 bits per heavy atom. The summed E-state index contributed by atoms with van der Waals surface area (Å²) in [4.78, 5) is 12.2. The Labute approximate surface area is 103 Å². The van der Waals surface area contributed by atoms with E-state index in [1.54, 1.807) is 13.0 Å². The van der Waals surface area contributed by atoms with Crippen LogP contribution in [0, 0.1) is 0 Å². The van der Waals surface area contributed by atoms with Gasteiger partial charge in [-0.1, -0.05) is 6.07 Å². The standard InChI is InChI=1S/C11H12ClNO2S/c1-6(12)11(15)7-2-3-9-8(4-7)13-10(14)5-16-9/h2-4,6,11,15H,5H2,1H3,(H,13,14). The minimum atomic E-state index is -0.712. The second-order valence-corrected chi connectivity index (χ2v) is 5.42. The number of amides is 1. The largest absolute Gasteiger partial charge is 0.387 e. The molecule has 2 unspecified atom stereocenters. The Morgan fingerprint density at radius 2 is 2.31 bits per heavy atom. The zero-order chi connectivity index (χ0) is 11.7. The molecule has 0 saturated heterocycles. The quantitative estimate of drug-likeness (QED) is 0.800. The molecular weight excluding hydrogens is 246 g/mol. The molecule has 2 rings (SSSR count). The van der Waals surface area contributed by atoms with Crippen molar-refractivity contribution in [2.24, 2.45) is 0 Å². The lowest BCUT2D eigenvalue weighted by Gasteiger charge is -2.19. The fraction of sp³-hybridized carbons (Fsp3) is 0.364. The van der Waals surface area contributed by atoms with E-state index in [9.17, 15) is 9.90 Å². The van der Waals surface area contributed by atoms with Gasteiger partial charge in [-0.2, -0.15) is 0 Å². The predicted molar refractivity (Wildman–Crippen MR) is 66.1 cm³/mol. The lowest BCUT2D eigenvalue weighted by molar-refractivity contribution is -0.113. The van der Waals surface area contributed by atoms with Crippen LogP contribution in [0.5, 0.6) is 0 Å². The average molecular weight is 258 g/mol. The number of hydrogen-bond donors (Lipinski definition) is 2. The predicted octanol–water partition coefficient (Wildman–Crippen LogP) is 2.39. The molecule has 0 aliphatic carbocycles. The number of carbonyl (C=O) groups is 1.